The van der Waals surface area contributed by atoms with Gasteiger partial charge in [-0.2, -0.15) is 3.97 Å². The smallest absolute Gasteiger partial charge is 0.340 e. The maximum absolute atomic E-state index is 12.8. The summed E-state index contributed by atoms with van der Waals surface area (Å²) in [5.74, 6) is -0.240. The molecule has 0 bridgehead atoms. The number of anilines is 1. The molecule has 0 amide bonds. The van der Waals surface area contributed by atoms with Crippen LogP contribution in [-0.4, -0.2) is 17.4 Å². The number of rotatable bonds is 3. The Morgan fingerprint density at radius 2 is 1.83 bits per heavy atom. The van der Waals surface area contributed by atoms with E-state index in [1.54, 1.807) is 31.2 Å². The monoisotopic (exact) mass is 331 g/mol. The van der Waals surface area contributed by atoms with Crippen molar-refractivity contribution in [2.45, 2.75) is 19.6 Å². The van der Waals surface area contributed by atoms with E-state index in [1.165, 1.54) is 0 Å². The topological polar surface area (TPSA) is 97.9 Å². The maximum Gasteiger partial charge on any atom is 0.340 e. The van der Waals surface area contributed by atoms with E-state index in [0.717, 1.165) is 15.1 Å². The second-order valence-corrected chi connectivity index (χ2v) is 7.42. The number of fused-ring (bicyclic) bond motifs is 1. The minimum atomic E-state index is -3.85. The van der Waals surface area contributed by atoms with E-state index in [4.69, 9.17) is 5.73 Å². The lowest BCUT2D eigenvalue weighted by atomic mass is 10.1. The first-order valence-corrected chi connectivity index (χ1v) is 8.69. The largest absolute Gasteiger partial charge is 0.398 e. The van der Waals surface area contributed by atoms with Crippen LogP contribution in [0, 0.1) is 13.8 Å². The first-order valence-electron chi connectivity index (χ1n) is 7.08. The van der Waals surface area contributed by atoms with Crippen LogP contribution in [-0.2, 0) is 15.8 Å². The summed E-state index contributed by atoms with van der Waals surface area (Å²) in [6, 6.07) is 10.4. The summed E-state index contributed by atoms with van der Waals surface area (Å²) in [6.45, 7) is 3.61. The Balaban J connectivity index is 2.19. The van der Waals surface area contributed by atoms with Crippen LogP contribution >= 0.6 is 0 Å². The molecular formula is C16H17N3O3S. The highest BCUT2D eigenvalue weighted by molar-refractivity contribution is 7.89. The van der Waals surface area contributed by atoms with Crippen molar-refractivity contribution in [3.8, 4) is 0 Å². The zero-order valence-corrected chi connectivity index (χ0v) is 13.6. The normalized spacial score (nSPS) is 11.9. The van der Waals surface area contributed by atoms with Crippen molar-refractivity contribution in [2.24, 2.45) is 0 Å². The molecule has 0 fully saturated rings. The Morgan fingerprint density at radius 3 is 2.52 bits per heavy atom. The summed E-state index contributed by atoms with van der Waals surface area (Å²) in [5.41, 5.74) is 8.61. The van der Waals surface area contributed by atoms with Crippen molar-refractivity contribution in [3.05, 3.63) is 63.6 Å². The van der Waals surface area contributed by atoms with Gasteiger partial charge in [0.2, 0.25) is 10.0 Å². The van der Waals surface area contributed by atoms with Crippen LogP contribution in [0.5, 0.6) is 0 Å². The second-order valence-electron chi connectivity index (χ2n) is 5.60. The Bertz CT molecular complexity index is 1060. The highest BCUT2D eigenvalue weighted by atomic mass is 32.2. The quantitative estimate of drug-likeness (QED) is 0.716. The number of nitrogen functional groups attached to an aromatic ring is 1. The van der Waals surface area contributed by atoms with E-state index in [2.05, 4.69) is 4.98 Å². The number of nitrogens with two attached hydrogens (primary N) is 1. The van der Waals surface area contributed by atoms with E-state index >= 15 is 0 Å². The molecule has 1 aromatic heterocycles. The molecule has 0 radical (unpaired) electrons. The maximum atomic E-state index is 12.8. The van der Waals surface area contributed by atoms with Gasteiger partial charge in [0.05, 0.1) is 16.8 Å². The minimum Gasteiger partial charge on any atom is -0.398 e. The van der Waals surface area contributed by atoms with Gasteiger partial charge >= 0.3 is 5.69 Å². The Kier molecular flexibility index (Phi) is 3.52. The van der Waals surface area contributed by atoms with Crippen LogP contribution in [0.25, 0.3) is 11.0 Å². The third-order valence-corrected chi connectivity index (χ3v) is 5.50. The Labute approximate surface area is 133 Å². The highest BCUT2D eigenvalue weighted by Gasteiger charge is 2.22. The number of H-pyrrole nitrogens is 1. The SMILES string of the molecule is Cc1cc2c(cc1N)[nH]c(=O)n2S(=O)(=O)Cc1ccccc1C. The molecule has 23 heavy (non-hydrogen) atoms. The lowest BCUT2D eigenvalue weighted by Crippen LogP contribution is -2.26. The molecule has 6 nitrogen and oxygen atoms in total. The van der Waals surface area contributed by atoms with Crippen LogP contribution in [0.3, 0.4) is 0 Å². The molecule has 0 aliphatic rings. The predicted molar refractivity (Wildman–Crippen MR) is 90.9 cm³/mol. The molecule has 0 saturated carbocycles. The average Bonchev–Trinajstić information content (AvgIpc) is 2.77. The number of imidazole rings is 1. The summed E-state index contributed by atoms with van der Waals surface area (Å²) >= 11 is 0. The molecule has 0 aliphatic heterocycles. The van der Waals surface area contributed by atoms with Crippen LogP contribution in [0.1, 0.15) is 16.7 Å². The first kappa shape index (κ1) is 15.4. The lowest BCUT2D eigenvalue weighted by Gasteiger charge is -2.09. The fourth-order valence-corrected chi connectivity index (χ4v) is 4.16. The van der Waals surface area contributed by atoms with Gasteiger partial charge in [-0.15, -0.1) is 0 Å². The number of hydrogen-bond acceptors (Lipinski definition) is 4. The molecule has 0 unspecified atom stereocenters. The Morgan fingerprint density at radius 1 is 1.13 bits per heavy atom. The Hall–Kier alpha value is -2.54. The average molecular weight is 331 g/mol. The zero-order valence-electron chi connectivity index (χ0n) is 12.8. The summed E-state index contributed by atoms with van der Waals surface area (Å²) in [4.78, 5) is 14.7. The molecular weight excluding hydrogens is 314 g/mol. The van der Waals surface area contributed by atoms with Gasteiger partial charge < -0.3 is 10.7 Å². The molecule has 0 atom stereocenters. The summed E-state index contributed by atoms with van der Waals surface area (Å²) in [7, 11) is -3.85. The van der Waals surface area contributed by atoms with Crippen molar-refractivity contribution in [1.29, 1.82) is 0 Å². The number of nitrogens with one attached hydrogen (secondary N) is 1. The molecule has 3 rings (SSSR count). The first-order chi connectivity index (χ1) is 10.8. The summed E-state index contributed by atoms with van der Waals surface area (Å²) in [6.07, 6.45) is 0. The fraction of sp³-hybridized carbons (Fsp3) is 0.188. The minimum absolute atomic E-state index is 0.240. The molecule has 1 heterocycles. The van der Waals surface area contributed by atoms with Gasteiger partial charge in [-0.25, -0.2) is 13.2 Å². The molecule has 0 aliphatic carbocycles. The van der Waals surface area contributed by atoms with Crippen LogP contribution in [0.2, 0.25) is 0 Å². The van der Waals surface area contributed by atoms with Gasteiger partial charge in [-0.1, -0.05) is 24.3 Å². The predicted octanol–water partition coefficient (Wildman–Crippen LogP) is 1.91. The van der Waals surface area contributed by atoms with Crippen molar-refractivity contribution in [3.63, 3.8) is 0 Å². The molecule has 120 valence electrons. The van der Waals surface area contributed by atoms with Crippen molar-refractivity contribution in [2.75, 3.05) is 5.73 Å². The fourth-order valence-electron chi connectivity index (χ4n) is 2.56. The number of hydrogen-bond donors (Lipinski definition) is 2. The molecule has 3 N–H and O–H groups in total. The van der Waals surface area contributed by atoms with Crippen LogP contribution in [0.4, 0.5) is 5.69 Å². The van der Waals surface area contributed by atoms with Gasteiger partial charge in [0.1, 0.15) is 0 Å². The van der Waals surface area contributed by atoms with Crippen molar-refractivity contribution >= 4 is 26.7 Å². The number of aromatic nitrogens is 2. The zero-order chi connectivity index (χ0) is 16.8. The number of nitrogens with zero attached hydrogens (tertiary/aromatic N) is 1. The van der Waals surface area contributed by atoms with E-state index in [1.807, 2.05) is 19.1 Å². The lowest BCUT2D eigenvalue weighted by molar-refractivity contribution is 0.586. The number of aromatic amines is 1. The third-order valence-electron chi connectivity index (χ3n) is 3.91. The molecule has 2 aromatic carbocycles. The van der Waals surface area contributed by atoms with Crippen molar-refractivity contribution in [1.82, 2.24) is 8.96 Å². The number of benzene rings is 2. The van der Waals surface area contributed by atoms with E-state index in [0.29, 0.717) is 22.3 Å². The van der Waals surface area contributed by atoms with Gasteiger partial charge in [-0.3, -0.25) is 0 Å². The molecule has 7 heteroatoms. The molecule has 3 aromatic rings. The van der Waals surface area contributed by atoms with Gasteiger partial charge in [0.15, 0.2) is 0 Å². The summed E-state index contributed by atoms with van der Waals surface area (Å²) < 4.78 is 26.3. The van der Waals surface area contributed by atoms with Crippen LogP contribution in [0.15, 0.2) is 41.2 Å². The summed E-state index contributed by atoms with van der Waals surface area (Å²) in [5, 5.41) is 0. The van der Waals surface area contributed by atoms with Crippen molar-refractivity contribution < 1.29 is 8.42 Å². The molecule has 0 spiro atoms. The van der Waals surface area contributed by atoms with Gasteiger partial charge in [-0.05, 0) is 42.7 Å². The number of aryl methyl sites for hydroxylation is 2. The second kappa shape index (κ2) is 5.27. The van der Waals surface area contributed by atoms with E-state index in [-0.39, 0.29) is 5.75 Å². The van der Waals surface area contributed by atoms with Crippen LogP contribution < -0.4 is 11.4 Å². The molecule has 0 saturated heterocycles. The van der Waals surface area contributed by atoms with E-state index < -0.39 is 15.7 Å². The van der Waals surface area contributed by atoms with Gasteiger partial charge in [0.25, 0.3) is 0 Å². The standard InChI is InChI=1S/C16H17N3O3S/c1-10-5-3-4-6-12(10)9-23(21,22)19-15-7-11(2)13(17)8-14(15)18-16(19)20/h3-8H,9,17H2,1-2H3,(H,18,20). The third kappa shape index (κ3) is 2.63. The van der Waals surface area contributed by atoms with E-state index in [9.17, 15) is 13.2 Å². The highest BCUT2D eigenvalue weighted by Crippen LogP contribution is 2.21. The van der Waals surface area contributed by atoms with Gasteiger partial charge in [0, 0.05) is 5.69 Å².